The van der Waals surface area contributed by atoms with E-state index in [0.717, 1.165) is 14.0 Å². The van der Waals surface area contributed by atoms with Crippen LogP contribution in [0, 0.1) is 3.57 Å². The molecule has 10 nitrogen and oxygen atoms in total. The number of H-pyrrole nitrogens is 1. The number of carbonyl (C=O) groups excluding carboxylic acids is 2. The van der Waals surface area contributed by atoms with E-state index in [1.54, 1.807) is 38.1 Å². The van der Waals surface area contributed by atoms with Gasteiger partial charge in [0.2, 0.25) is 5.60 Å². The molecule has 42 heavy (non-hydrogen) atoms. The number of amides is 2. The Morgan fingerprint density at radius 3 is 2.62 bits per heavy atom. The standard InChI is InChI=1S/C28H31F3IN5O5/c1-26(2,3)42-25(39)37-7-8-41-14-21(37)17-10-16(20-12-34-23-22(35-20)19(32)11-33-23)9-15-5-6-36(13-18(15)17)24(38)27(4,40)28(29,30)31/h9-12,21,40H,5-8,13-14H2,1-4H3,(H,33,34)/t21-,27-/m0/s1. The van der Waals surface area contributed by atoms with E-state index in [1.807, 2.05) is 12.1 Å². The lowest BCUT2D eigenvalue weighted by Gasteiger charge is -2.40. The number of hydrogen-bond acceptors (Lipinski definition) is 7. The smallest absolute Gasteiger partial charge is 0.426 e. The third kappa shape index (κ3) is 5.80. The molecule has 4 heterocycles. The van der Waals surface area contributed by atoms with Crippen molar-refractivity contribution in [1.82, 2.24) is 24.8 Å². The number of morpholine rings is 1. The van der Waals surface area contributed by atoms with Crippen LogP contribution >= 0.6 is 22.6 Å². The maximum Gasteiger partial charge on any atom is 0.426 e. The van der Waals surface area contributed by atoms with Gasteiger partial charge in [0.1, 0.15) is 11.1 Å². The van der Waals surface area contributed by atoms with Gasteiger partial charge in [-0.15, -0.1) is 0 Å². The number of nitrogens with one attached hydrogen (secondary N) is 1. The Morgan fingerprint density at radius 2 is 1.93 bits per heavy atom. The summed E-state index contributed by atoms with van der Waals surface area (Å²) in [6, 6.07) is 3.06. The van der Waals surface area contributed by atoms with Crippen LogP contribution in [0.25, 0.3) is 22.4 Å². The number of halogens is 4. The Balaban J connectivity index is 1.61. The van der Waals surface area contributed by atoms with Crippen LogP contribution in [0.2, 0.25) is 0 Å². The molecular weight excluding hydrogens is 670 g/mol. The van der Waals surface area contributed by atoms with Crippen molar-refractivity contribution in [1.29, 1.82) is 0 Å². The average Bonchev–Trinajstić information content (AvgIpc) is 3.30. The van der Waals surface area contributed by atoms with Crippen LogP contribution in [0.1, 0.15) is 50.4 Å². The number of aliphatic hydroxyl groups is 1. The molecule has 1 saturated heterocycles. The molecule has 0 unspecified atom stereocenters. The van der Waals surface area contributed by atoms with Crippen LogP contribution in [-0.2, 0) is 27.2 Å². The highest BCUT2D eigenvalue weighted by atomic mass is 127. The van der Waals surface area contributed by atoms with E-state index in [-0.39, 0.29) is 39.3 Å². The molecule has 2 atom stereocenters. The van der Waals surface area contributed by atoms with E-state index in [1.165, 1.54) is 0 Å². The molecule has 0 radical (unpaired) electrons. The molecule has 14 heteroatoms. The predicted octanol–water partition coefficient (Wildman–Crippen LogP) is 4.74. The van der Waals surface area contributed by atoms with Crippen molar-refractivity contribution >= 4 is 45.8 Å². The second-order valence-corrected chi connectivity index (χ2v) is 12.8. The molecule has 5 rings (SSSR count). The molecule has 0 bridgehead atoms. The molecule has 2 aliphatic rings. The fraction of sp³-hybridized carbons (Fsp3) is 0.500. The Bertz CT molecular complexity index is 1530. The molecule has 3 aromatic rings. The summed E-state index contributed by atoms with van der Waals surface area (Å²) in [5, 5.41) is 10.1. The van der Waals surface area contributed by atoms with Crippen molar-refractivity contribution in [2.24, 2.45) is 0 Å². The van der Waals surface area contributed by atoms with Crippen molar-refractivity contribution in [2.75, 3.05) is 26.3 Å². The van der Waals surface area contributed by atoms with E-state index >= 15 is 0 Å². The van der Waals surface area contributed by atoms with Crippen molar-refractivity contribution in [3.8, 4) is 11.3 Å². The lowest BCUT2D eigenvalue weighted by Crippen LogP contribution is -2.57. The minimum atomic E-state index is -5.14. The molecule has 226 valence electrons. The zero-order valence-electron chi connectivity index (χ0n) is 23.5. The molecule has 1 fully saturated rings. The summed E-state index contributed by atoms with van der Waals surface area (Å²) in [6.45, 7) is 6.16. The first-order valence-corrected chi connectivity index (χ1v) is 14.5. The molecule has 2 N–H and O–H groups in total. The van der Waals surface area contributed by atoms with Crippen LogP contribution in [0.5, 0.6) is 0 Å². The van der Waals surface area contributed by atoms with Gasteiger partial charge in [0, 0.05) is 31.4 Å². The lowest BCUT2D eigenvalue weighted by molar-refractivity contribution is -0.250. The number of hydrogen-bond donors (Lipinski definition) is 2. The third-order valence-corrected chi connectivity index (χ3v) is 8.20. The minimum absolute atomic E-state index is 0.0294. The van der Waals surface area contributed by atoms with Crippen LogP contribution in [0.4, 0.5) is 18.0 Å². The third-order valence-electron chi connectivity index (χ3n) is 7.38. The van der Waals surface area contributed by atoms with Crippen molar-refractivity contribution in [3.63, 3.8) is 0 Å². The van der Waals surface area contributed by atoms with Gasteiger partial charge in [-0.3, -0.25) is 9.69 Å². The topological polar surface area (TPSA) is 121 Å². The highest BCUT2D eigenvalue weighted by Gasteiger charge is 2.57. The summed E-state index contributed by atoms with van der Waals surface area (Å²) in [5.74, 6) is -1.43. The number of benzene rings is 1. The van der Waals surface area contributed by atoms with E-state index in [9.17, 15) is 27.9 Å². The van der Waals surface area contributed by atoms with Crippen LogP contribution < -0.4 is 0 Å². The molecule has 2 aliphatic heterocycles. The Morgan fingerprint density at radius 1 is 1.19 bits per heavy atom. The lowest BCUT2D eigenvalue weighted by atomic mass is 9.87. The first-order chi connectivity index (χ1) is 19.6. The zero-order chi connectivity index (χ0) is 30.6. The van der Waals surface area contributed by atoms with Gasteiger partial charge in [0.05, 0.1) is 34.7 Å². The largest absolute Gasteiger partial charge is 0.444 e. The van der Waals surface area contributed by atoms with Gasteiger partial charge in [0.15, 0.2) is 5.65 Å². The Labute approximate surface area is 253 Å². The fourth-order valence-corrected chi connectivity index (χ4v) is 5.68. The van der Waals surface area contributed by atoms with Gasteiger partial charge in [0.25, 0.3) is 5.91 Å². The SMILES string of the molecule is CC(C)(C)OC(=O)N1CCOC[C@H]1c1cc(-c2cnc3[nH]cc(I)c3n2)cc2c1CN(C(=O)[C@](C)(O)C(F)(F)F)CC2. The number of aromatic amines is 1. The fourth-order valence-electron chi connectivity index (χ4n) is 5.15. The van der Waals surface area contributed by atoms with Gasteiger partial charge in [-0.2, -0.15) is 13.2 Å². The summed E-state index contributed by atoms with van der Waals surface area (Å²) in [7, 11) is 0. The molecule has 0 saturated carbocycles. The normalized spacial score (nSPS) is 19.4. The minimum Gasteiger partial charge on any atom is -0.444 e. The summed E-state index contributed by atoms with van der Waals surface area (Å²) in [5.41, 5.74) is 0.271. The highest BCUT2D eigenvalue weighted by Crippen LogP contribution is 2.38. The number of rotatable bonds is 3. The van der Waals surface area contributed by atoms with Crippen LogP contribution in [-0.4, -0.2) is 85.5 Å². The van der Waals surface area contributed by atoms with E-state index in [4.69, 9.17) is 14.5 Å². The van der Waals surface area contributed by atoms with Gasteiger partial charge in [-0.25, -0.2) is 14.8 Å². The van der Waals surface area contributed by atoms with Crippen molar-refractivity contribution in [3.05, 3.63) is 44.8 Å². The molecule has 0 spiro atoms. The molecule has 2 amide bonds. The molecule has 0 aliphatic carbocycles. The molecular formula is C28H31F3IN5O5. The Kier molecular flexibility index (Phi) is 7.94. The second kappa shape index (κ2) is 10.9. The number of nitrogens with zero attached hydrogens (tertiary/aromatic N) is 4. The number of aromatic nitrogens is 3. The second-order valence-electron chi connectivity index (χ2n) is 11.6. The predicted molar refractivity (Wildman–Crippen MR) is 154 cm³/mol. The number of fused-ring (bicyclic) bond motifs is 2. The van der Waals surface area contributed by atoms with Gasteiger partial charge in [-0.1, -0.05) is 0 Å². The zero-order valence-corrected chi connectivity index (χ0v) is 25.7. The van der Waals surface area contributed by atoms with Gasteiger partial charge < -0.3 is 24.5 Å². The number of alkyl halides is 3. The maximum absolute atomic E-state index is 13.5. The van der Waals surface area contributed by atoms with E-state index in [0.29, 0.717) is 40.5 Å². The van der Waals surface area contributed by atoms with E-state index < -0.39 is 35.4 Å². The monoisotopic (exact) mass is 701 g/mol. The van der Waals surface area contributed by atoms with Crippen molar-refractivity contribution in [2.45, 2.75) is 64.1 Å². The summed E-state index contributed by atoms with van der Waals surface area (Å²) >= 11 is 2.16. The molecule has 1 aromatic carbocycles. The first kappa shape index (κ1) is 30.5. The summed E-state index contributed by atoms with van der Waals surface area (Å²) < 4.78 is 53.0. The quantitative estimate of drug-likeness (QED) is 0.379. The number of carbonyl (C=O) groups is 2. The van der Waals surface area contributed by atoms with Gasteiger partial charge >= 0.3 is 12.3 Å². The maximum atomic E-state index is 13.5. The highest BCUT2D eigenvalue weighted by molar-refractivity contribution is 14.1. The van der Waals surface area contributed by atoms with Crippen molar-refractivity contribution < 1.29 is 37.3 Å². The van der Waals surface area contributed by atoms with Crippen LogP contribution in [0.15, 0.2) is 24.5 Å². The Hall–Kier alpha value is -2.98. The summed E-state index contributed by atoms with van der Waals surface area (Å²) in [6.07, 6.45) is -2.04. The van der Waals surface area contributed by atoms with E-state index in [2.05, 4.69) is 32.6 Å². The summed E-state index contributed by atoms with van der Waals surface area (Å²) in [4.78, 5) is 41.1. The van der Waals surface area contributed by atoms with Crippen LogP contribution in [0.3, 0.4) is 0 Å². The average molecular weight is 701 g/mol. The number of ether oxygens (including phenoxy) is 2. The first-order valence-electron chi connectivity index (χ1n) is 13.4. The van der Waals surface area contributed by atoms with Gasteiger partial charge in [-0.05, 0) is 85.5 Å². The molecule has 2 aromatic heterocycles.